The van der Waals surface area contributed by atoms with Crippen LogP contribution in [0.25, 0.3) is 0 Å². The number of Topliss-reactive ketones (excluding diaryl/α,β-unsaturated/α-hetero) is 1. The van der Waals surface area contributed by atoms with Gasteiger partial charge in [-0.1, -0.05) is 0 Å². The molecular formula is C19H25NO6S. The summed E-state index contributed by atoms with van der Waals surface area (Å²) in [5, 5.41) is 0. The molecule has 1 aromatic rings. The summed E-state index contributed by atoms with van der Waals surface area (Å²) in [6.07, 6.45) is 1.42. The van der Waals surface area contributed by atoms with Crippen LogP contribution in [0.5, 0.6) is 11.5 Å². The van der Waals surface area contributed by atoms with Crippen molar-refractivity contribution in [2.24, 2.45) is 0 Å². The first-order valence-electron chi connectivity index (χ1n) is 9.32. The van der Waals surface area contributed by atoms with Gasteiger partial charge in [-0.15, -0.1) is 0 Å². The van der Waals surface area contributed by atoms with Crippen molar-refractivity contribution in [2.45, 2.75) is 38.6 Å². The van der Waals surface area contributed by atoms with Crippen LogP contribution in [0, 0.1) is 0 Å². The van der Waals surface area contributed by atoms with Gasteiger partial charge in [0.2, 0.25) is 5.91 Å². The molecule has 0 aromatic heterocycles. The van der Waals surface area contributed by atoms with Crippen molar-refractivity contribution in [1.29, 1.82) is 0 Å². The molecule has 2 heterocycles. The summed E-state index contributed by atoms with van der Waals surface area (Å²) in [6.45, 7) is 3.29. The number of hydrogen-bond acceptors (Lipinski definition) is 6. The van der Waals surface area contributed by atoms with Gasteiger partial charge in [-0.25, -0.2) is 8.42 Å². The van der Waals surface area contributed by atoms with E-state index in [1.807, 2.05) is 6.92 Å². The Labute approximate surface area is 159 Å². The molecule has 1 unspecified atom stereocenters. The Morgan fingerprint density at radius 2 is 1.89 bits per heavy atom. The number of benzene rings is 1. The first kappa shape index (κ1) is 19.7. The number of carbonyl (C=O) groups is 2. The third kappa shape index (κ3) is 4.80. The molecule has 1 amide bonds. The smallest absolute Gasteiger partial charge is 0.222 e. The van der Waals surface area contributed by atoms with Gasteiger partial charge in [0.05, 0.1) is 11.5 Å². The second kappa shape index (κ2) is 8.29. The summed E-state index contributed by atoms with van der Waals surface area (Å²) >= 11 is 0. The van der Waals surface area contributed by atoms with E-state index >= 15 is 0 Å². The van der Waals surface area contributed by atoms with Crippen molar-refractivity contribution in [3.8, 4) is 11.5 Å². The zero-order valence-electron chi connectivity index (χ0n) is 15.5. The molecule has 2 aliphatic rings. The van der Waals surface area contributed by atoms with Gasteiger partial charge in [-0.2, -0.15) is 0 Å². The molecule has 1 fully saturated rings. The number of amides is 1. The van der Waals surface area contributed by atoms with Crippen LogP contribution in [0.15, 0.2) is 18.2 Å². The quantitative estimate of drug-likeness (QED) is 0.655. The molecule has 1 saturated heterocycles. The number of ketones is 1. The van der Waals surface area contributed by atoms with Crippen molar-refractivity contribution >= 4 is 21.5 Å². The molecule has 0 aliphatic carbocycles. The molecule has 27 heavy (non-hydrogen) atoms. The number of rotatable bonds is 7. The average molecular weight is 395 g/mol. The lowest BCUT2D eigenvalue weighted by molar-refractivity contribution is -0.132. The first-order valence-corrected chi connectivity index (χ1v) is 11.1. The Balaban J connectivity index is 1.51. The number of sulfone groups is 1. The standard InChI is InChI=1S/C19H25NO6S/c1-2-20(15-8-11-27(23,24)13-15)19(22)5-3-4-16(21)14-6-7-17-18(12-14)26-10-9-25-17/h6-7,12,15H,2-5,8-11,13H2,1H3. The van der Waals surface area contributed by atoms with Crippen LogP contribution in [0.2, 0.25) is 0 Å². The third-order valence-electron chi connectivity index (χ3n) is 4.97. The molecule has 3 rings (SSSR count). The largest absolute Gasteiger partial charge is 0.486 e. The van der Waals surface area contributed by atoms with Crippen molar-refractivity contribution in [3.63, 3.8) is 0 Å². The van der Waals surface area contributed by atoms with Crippen molar-refractivity contribution in [1.82, 2.24) is 4.90 Å². The summed E-state index contributed by atoms with van der Waals surface area (Å²) in [7, 11) is -3.03. The van der Waals surface area contributed by atoms with E-state index in [0.717, 1.165) is 0 Å². The maximum absolute atomic E-state index is 12.5. The highest BCUT2D eigenvalue weighted by atomic mass is 32.2. The van der Waals surface area contributed by atoms with Gasteiger partial charge in [-0.3, -0.25) is 9.59 Å². The second-order valence-corrected chi connectivity index (χ2v) is 9.10. The molecule has 0 bridgehead atoms. The number of fused-ring (bicyclic) bond motifs is 1. The Morgan fingerprint density at radius 3 is 2.56 bits per heavy atom. The highest BCUT2D eigenvalue weighted by molar-refractivity contribution is 7.91. The molecule has 8 heteroatoms. The maximum atomic E-state index is 12.5. The van der Waals surface area contributed by atoms with Gasteiger partial charge >= 0.3 is 0 Å². The molecule has 2 aliphatic heterocycles. The van der Waals surface area contributed by atoms with Crippen LogP contribution < -0.4 is 9.47 Å². The zero-order valence-corrected chi connectivity index (χ0v) is 16.3. The van der Waals surface area contributed by atoms with Gasteiger partial charge in [0, 0.05) is 31.0 Å². The van der Waals surface area contributed by atoms with Crippen molar-refractivity contribution in [3.05, 3.63) is 23.8 Å². The molecule has 1 atom stereocenters. The molecule has 0 saturated carbocycles. The SMILES string of the molecule is CCN(C(=O)CCCC(=O)c1ccc2c(c1)OCCO2)C1CCS(=O)(=O)C1. The van der Waals surface area contributed by atoms with Gasteiger partial charge in [0.1, 0.15) is 13.2 Å². The van der Waals surface area contributed by atoms with E-state index < -0.39 is 9.84 Å². The molecule has 0 spiro atoms. The predicted octanol–water partition coefficient (Wildman–Crippen LogP) is 1.85. The topological polar surface area (TPSA) is 90.0 Å². The summed E-state index contributed by atoms with van der Waals surface area (Å²) in [5.41, 5.74) is 0.543. The monoisotopic (exact) mass is 395 g/mol. The lowest BCUT2D eigenvalue weighted by Gasteiger charge is -2.26. The lowest BCUT2D eigenvalue weighted by Crippen LogP contribution is -2.40. The van der Waals surface area contributed by atoms with E-state index in [1.54, 1.807) is 23.1 Å². The number of nitrogens with zero attached hydrogens (tertiary/aromatic N) is 1. The van der Waals surface area contributed by atoms with E-state index in [1.165, 1.54) is 0 Å². The summed E-state index contributed by atoms with van der Waals surface area (Å²) < 4.78 is 34.2. The average Bonchev–Trinajstić information content (AvgIpc) is 3.01. The summed E-state index contributed by atoms with van der Waals surface area (Å²) in [4.78, 5) is 26.5. The number of hydrogen-bond donors (Lipinski definition) is 0. The minimum Gasteiger partial charge on any atom is -0.486 e. The number of ether oxygens (including phenoxy) is 2. The number of carbonyl (C=O) groups excluding carboxylic acids is 2. The van der Waals surface area contributed by atoms with Gasteiger partial charge in [-0.05, 0) is 38.0 Å². The van der Waals surface area contributed by atoms with Crippen LogP contribution in [0.1, 0.15) is 43.0 Å². The normalized spacial score (nSPS) is 20.3. The molecule has 0 radical (unpaired) electrons. The van der Waals surface area contributed by atoms with Gasteiger partial charge in [0.25, 0.3) is 0 Å². The van der Waals surface area contributed by atoms with E-state index in [2.05, 4.69) is 0 Å². The Kier molecular flexibility index (Phi) is 6.04. The van der Waals surface area contributed by atoms with E-state index in [0.29, 0.717) is 49.7 Å². The second-order valence-electron chi connectivity index (χ2n) is 6.87. The fourth-order valence-electron chi connectivity index (χ4n) is 3.56. The Bertz CT molecular complexity index is 819. The first-order chi connectivity index (χ1) is 12.9. The fourth-order valence-corrected chi connectivity index (χ4v) is 5.30. The van der Waals surface area contributed by atoms with Crippen LogP contribution in [-0.2, 0) is 14.6 Å². The van der Waals surface area contributed by atoms with Gasteiger partial charge in [0.15, 0.2) is 27.1 Å². The van der Waals surface area contributed by atoms with Crippen molar-refractivity contribution < 1.29 is 27.5 Å². The van der Waals surface area contributed by atoms with E-state index in [9.17, 15) is 18.0 Å². The molecule has 7 nitrogen and oxygen atoms in total. The molecule has 1 aromatic carbocycles. The minimum absolute atomic E-state index is 0.0444. The third-order valence-corrected chi connectivity index (χ3v) is 6.72. The van der Waals surface area contributed by atoms with Crippen LogP contribution in [-0.4, -0.2) is 62.3 Å². The van der Waals surface area contributed by atoms with Crippen LogP contribution in [0.3, 0.4) is 0 Å². The molecular weight excluding hydrogens is 370 g/mol. The van der Waals surface area contributed by atoms with Crippen LogP contribution in [0.4, 0.5) is 0 Å². The minimum atomic E-state index is -3.03. The predicted molar refractivity (Wildman–Crippen MR) is 100 cm³/mol. The van der Waals surface area contributed by atoms with Crippen LogP contribution >= 0.6 is 0 Å². The summed E-state index contributed by atoms with van der Waals surface area (Å²) in [5.74, 6) is 1.26. The highest BCUT2D eigenvalue weighted by Crippen LogP contribution is 2.31. The Morgan fingerprint density at radius 1 is 1.15 bits per heavy atom. The van der Waals surface area contributed by atoms with E-state index in [4.69, 9.17) is 9.47 Å². The van der Waals surface area contributed by atoms with E-state index in [-0.39, 0.29) is 42.1 Å². The fraction of sp³-hybridized carbons (Fsp3) is 0.579. The maximum Gasteiger partial charge on any atom is 0.222 e. The highest BCUT2D eigenvalue weighted by Gasteiger charge is 2.33. The zero-order chi connectivity index (χ0) is 19.4. The summed E-state index contributed by atoms with van der Waals surface area (Å²) in [6, 6.07) is 4.88. The van der Waals surface area contributed by atoms with Gasteiger partial charge < -0.3 is 14.4 Å². The lowest BCUT2D eigenvalue weighted by atomic mass is 10.0. The van der Waals surface area contributed by atoms with Crippen molar-refractivity contribution in [2.75, 3.05) is 31.3 Å². The molecule has 0 N–H and O–H groups in total. The molecule has 148 valence electrons. The Hall–Kier alpha value is -2.09.